The van der Waals surface area contributed by atoms with Crippen molar-refractivity contribution < 1.29 is 4.79 Å². The molecule has 1 rings (SSSR count). The summed E-state index contributed by atoms with van der Waals surface area (Å²) < 4.78 is 0. The highest BCUT2D eigenvalue weighted by molar-refractivity contribution is 6.33. The summed E-state index contributed by atoms with van der Waals surface area (Å²) in [6, 6.07) is 5.42. The number of carbonyl (C=O) groups excluding carboxylic acids is 1. The monoisotopic (exact) mass is 283 g/mol. The van der Waals surface area contributed by atoms with Gasteiger partial charge in [-0.05, 0) is 31.5 Å². The van der Waals surface area contributed by atoms with Crippen molar-refractivity contribution in [3.05, 3.63) is 23.2 Å². The van der Waals surface area contributed by atoms with E-state index in [1.165, 1.54) is 0 Å². The van der Waals surface area contributed by atoms with Gasteiger partial charge >= 0.3 is 0 Å². The Morgan fingerprint density at radius 1 is 1.47 bits per heavy atom. The van der Waals surface area contributed by atoms with E-state index in [1.54, 1.807) is 13.0 Å². The molecule has 1 aromatic rings. The fourth-order valence-electron chi connectivity index (χ4n) is 1.85. The zero-order valence-electron chi connectivity index (χ0n) is 12.0. The minimum absolute atomic E-state index is 0.192. The number of nitrogens with one attached hydrogen (secondary N) is 1. The van der Waals surface area contributed by atoms with Gasteiger partial charge in [-0.3, -0.25) is 4.79 Å². The lowest BCUT2D eigenvalue weighted by Gasteiger charge is -2.23. The molecule has 1 amide bonds. The predicted octanol–water partition coefficient (Wildman–Crippen LogP) is 2.86. The van der Waals surface area contributed by atoms with E-state index < -0.39 is 5.54 Å². The largest absolute Gasteiger partial charge is 0.376 e. The molecule has 0 aromatic heterocycles. The highest BCUT2D eigenvalue weighted by Gasteiger charge is 2.27. The number of amides is 1. The summed E-state index contributed by atoms with van der Waals surface area (Å²) in [6.07, 6.45) is 1.50. The van der Waals surface area contributed by atoms with Crippen molar-refractivity contribution in [3.63, 3.8) is 0 Å². The maximum Gasteiger partial charge on any atom is 0.244 e. The molecule has 0 aliphatic heterocycles. The molecule has 106 valence electrons. The maximum atomic E-state index is 12.1. The molecule has 0 radical (unpaired) electrons. The van der Waals surface area contributed by atoms with Gasteiger partial charge in [-0.15, -0.1) is 0 Å². The van der Waals surface area contributed by atoms with Crippen molar-refractivity contribution in [2.75, 3.05) is 24.3 Å². The molecule has 5 heteroatoms. The lowest BCUT2D eigenvalue weighted by atomic mass is 9.96. The van der Waals surface area contributed by atoms with Crippen LogP contribution >= 0.6 is 11.6 Å². The molecule has 19 heavy (non-hydrogen) atoms. The molecule has 0 aliphatic rings. The number of nitrogens with zero attached hydrogens (tertiary/aromatic N) is 1. The third-order valence-corrected chi connectivity index (χ3v) is 3.28. The molecule has 0 fully saturated rings. The van der Waals surface area contributed by atoms with Gasteiger partial charge in [0.1, 0.15) is 0 Å². The Kier molecular flexibility index (Phi) is 5.20. The molecule has 0 saturated carbocycles. The van der Waals surface area contributed by atoms with E-state index in [-0.39, 0.29) is 5.91 Å². The Hall–Kier alpha value is -1.26. The summed E-state index contributed by atoms with van der Waals surface area (Å²) in [5, 5.41) is 3.40. The second-order valence-corrected chi connectivity index (χ2v) is 5.59. The van der Waals surface area contributed by atoms with Crippen LogP contribution in [0.3, 0.4) is 0 Å². The molecular weight excluding hydrogens is 262 g/mol. The van der Waals surface area contributed by atoms with Crippen LogP contribution in [0.4, 0.5) is 11.4 Å². The summed E-state index contributed by atoms with van der Waals surface area (Å²) in [5.74, 6) is -0.192. The average molecular weight is 284 g/mol. The lowest BCUT2D eigenvalue weighted by molar-refractivity contribution is -0.120. The zero-order chi connectivity index (χ0) is 14.6. The average Bonchev–Trinajstić information content (AvgIpc) is 2.28. The van der Waals surface area contributed by atoms with E-state index in [0.717, 1.165) is 12.1 Å². The molecule has 0 saturated heterocycles. The number of anilines is 2. The van der Waals surface area contributed by atoms with Crippen molar-refractivity contribution >= 4 is 28.9 Å². The van der Waals surface area contributed by atoms with Crippen LogP contribution in [-0.2, 0) is 4.79 Å². The van der Waals surface area contributed by atoms with Gasteiger partial charge in [0.2, 0.25) is 5.91 Å². The number of hydrogen-bond acceptors (Lipinski definition) is 3. The Morgan fingerprint density at radius 3 is 2.58 bits per heavy atom. The van der Waals surface area contributed by atoms with Gasteiger partial charge in [0.15, 0.2) is 0 Å². The van der Waals surface area contributed by atoms with Crippen molar-refractivity contribution in [1.29, 1.82) is 0 Å². The zero-order valence-corrected chi connectivity index (χ0v) is 12.7. The fourth-order valence-corrected chi connectivity index (χ4v) is 2.20. The number of rotatable bonds is 5. The van der Waals surface area contributed by atoms with Crippen LogP contribution < -0.4 is 16.0 Å². The molecule has 0 bridgehead atoms. The first-order valence-electron chi connectivity index (χ1n) is 6.35. The summed E-state index contributed by atoms with van der Waals surface area (Å²) in [6.45, 7) is 3.74. The van der Waals surface area contributed by atoms with E-state index in [2.05, 4.69) is 5.32 Å². The van der Waals surface area contributed by atoms with Crippen LogP contribution in [0.25, 0.3) is 0 Å². The molecule has 4 nitrogen and oxygen atoms in total. The quantitative estimate of drug-likeness (QED) is 0.874. The van der Waals surface area contributed by atoms with Gasteiger partial charge in [-0.2, -0.15) is 0 Å². The first-order valence-corrected chi connectivity index (χ1v) is 6.73. The van der Waals surface area contributed by atoms with Crippen molar-refractivity contribution in [1.82, 2.24) is 0 Å². The molecule has 1 atom stereocenters. The number of nitrogens with two attached hydrogens (primary N) is 1. The standard InChI is InChI=1S/C14H22ClN3O/c1-5-8-14(2,16)13(19)17-10-6-7-12(18(3)4)11(15)9-10/h6-7,9H,5,8,16H2,1-4H3,(H,17,19). The van der Waals surface area contributed by atoms with Gasteiger partial charge in [0.05, 0.1) is 16.2 Å². The Bertz CT molecular complexity index is 458. The predicted molar refractivity (Wildman–Crippen MR) is 81.9 cm³/mol. The van der Waals surface area contributed by atoms with Crippen molar-refractivity contribution in [2.45, 2.75) is 32.2 Å². The van der Waals surface area contributed by atoms with E-state index >= 15 is 0 Å². The molecule has 1 unspecified atom stereocenters. The van der Waals surface area contributed by atoms with Gasteiger partial charge in [-0.25, -0.2) is 0 Å². The molecule has 0 aliphatic carbocycles. The van der Waals surface area contributed by atoms with E-state index in [0.29, 0.717) is 17.1 Å². The molecular formula is C14H22ClN3O. The van der Waals surface area contributed by atoms with Gasteiger partial charge in [-0.1, -0.05) is 24.9 Å². The maximum absolute atomic E-state index is 12.1. The normalized spacial score (nSPS) is 13.8. The molecule has 0 heterocycles. The SMILES string of the molecule is CCCC(C)(N)C(=O)Nc1ccc(N(C)C)c(Cl)c1. The van der Waals surface area contributed by atoms with Gasteiger partial charge in [0, 0.05) is 19.8 Å². The van der Waals surface area contributed by atoms with Gasteiger partial charge in [0.25, 0.3) is 0 Å². The van der Waals surface area contributed by atoms with E-state index in [1.807, 2.05) is 38.1 Å². The smallest absolute Gasteiger partial charge is 0.244 e. The second kappa shape index (κ2) is 6.26. The summed E-state index contributed by atoms with van der Waals surface area (Å²) in [5.41, 5.74) is 6.69. The highest BCUT2D eigenvalue weighted by atomic mass is 35.5. The summed E-state index contributed by atoms with van der Waals surface area (Å²) in [4.78, 5) is 14.0. The lowest BCUT2D eigenvalue weighted by Crippen LogP contribution is -2.48. The van der Waals surface area contributed by atoms with E-state index in [4.69, 9.17) is 17.3 Å². The number of halogens is 1. The topological polar surface area (TPSA) is 58.4 Å². The van der Waals surface area contributed by atoms with Gasteiger partial charge < -0.3 is 16.0 Å². The van der Waals surface area contributed by atoms with Crippen LogP contribution in [0.5, 0.6) is 0 Å². The molecule has 0 spiro atoms. The molecule has 3 N–H and O–H groups in total. The fraction of sp³-hybridized carbons (Fsp3) is 0.500. The van der Waals surface area contributed by atoms with Crippen LogP contribution in [0.2, 0.25) is 5.02 Å². The first-order chi connectivity index (χ1) is 8.77. The van der Waals surface area contributed by atoms with Crippen molar-refractivity contribution in [2.24, 2.45) is 5.73 Å². The number of hydrogen-bond donors (Lipinski definition) is 2. The van der Waals surface area contributed by atoms with Crippen LogP contribution in [0.1, 0.15) is 26.7 Å². The van der Waals surface area contributed by atoms with Crippen molar-refractivity contribution in [3.8, 4) is 0 Å². The second-order valence-electron chi connectivity index (χ2n) is 5.18. The Balaban J connectivity index is 2.84. The summed E-state index contributed by atoms with van der Waals surface area (Å²) in [7, 11) is 3.83. The number of benzene rings is 1. The molecule has 1 aromatic carbocycles. The minimum Gasteiger partial charge on any atom is -0.376 e. The third kappa shape index (κ3) is 4.11. The van der Waals surface area contributed by atoms with Crippen LogP contribution in [-0.4, -0.2) is 25.5 Å². The summed E-state index contributed by atoms with van der Waals surface area (Å²) >= 11 is 6.16. The Labute approximate surface area is 119 Å². The minimum atomic E-state index is -0.860. The highest BCUT2D eigenvalue weighted by Crippen LogP contribution is 2.27. The first kappa shape index (κ1) is 15.8. The third-order valence-electron chi connectivity index (χ3n) is 2.98. The van der Waals surface area contributed by atoms with Crippen LogP contribution in [0, 0.1) is 0 Å². The van der Waals surface area contributed by atoms with Crippen LogP contribution in [0.15, 0.2) is 18.2 Å². The Morgan fingerprint density at radius 2 is 2.11 bits per heavy atom. The number of carbonyl (C=O) groups is 1. The van der Waals surface area contributed by atoms with E-state index in [9.17, 15) is 4.79 Å².